The number of benzene rings is 1. The molecule has 5 heteroatoms. The van der Waals surface area contributed by atoms with E-state index in [0.717, 1.165) is 15.7 Å². The molecule has 18 heavy (non-hydrogen) atoms. The van der Waals surface area contributed by atoms with Crippen LogP contribution in [-0.2, 0) is 0 Å². The van der Waals surface area contributed by atoms with Crippen LogP contribution in [0, 0.1) is 11.3 Å². The number of aromatic nitrogens is 1. The third kappa shape index (κ3) is 2.50. The van der Waals surface area contributed by atoms with Crippen LogP contribution in [0.25, 0.3) is 11.3 Å². The molecule has 0 atom stereocenters. The molecule has 2 aromatic rings. The van der Waals surface area contributed by atoms with Gasteiger partial charge in [-0.05, 0) is 30.0 Å². The van der Waals surface area contributed by atoms with E-state index in [0.29, 0.717) is 4.90 Å². The van der Waals surface area contributed by atoms with Crippen LogP contribution in [0.4, 0.5) is 0 Å². The van der Waals surface area contributed by atoms with Crippen LogP contribution in [0.5, 0.6) is 0 Å². The first kappa shape index (κ1) is 12.9. The quantitative estimate of drug-likeness (QED) is 0.863. The maximum absolute atomic E-state index is 11.8. The lowest BCUT2D eigenvalue weighted by Gasteiger charge is -2.05. The van der Waals surface area contributed by atoms with Gasteiger partial charge in [0.25, 0.3) is 5.56 Å². The highest BCUT2D eigenvalue weighted by Crippen LogP contribution is 2.24. The molecule has 0 unspecified atom stereocenters. The predicted octanol–water partition coefficient (Wildman–Crippen LogP) is 3.40. The summed E-state index contributed by atoms with van der Waals surface area (Å²) in [7, 11) is 0. The van der Waals surface area contributed by atoms with E-state index in [2.05, 4.69) is 20.9 Å². The first-order valence-electron chi connectivity index (χ1n) is 5.13. The summed E-state index contributed by atoms with van der Waals surface area (Å²) in [5.41, 5.74) is 1.46. The van der Waals surface area contributed by atoms with Crippen molar-refractivity contribution in [2.45, 2.75) is 4.90 Å². The summed E-state index contributed by atoms with van der Waals surface area (Å²) in [6, 6.07) is 11.4. The average Bonchev–Trinajstić information content (AvgIpc) is 2.38. The average molecular weight is 321 g/mol. The van der Waals surface area contributed by atoms with Crippen molar-refractivity contribution in [2.75, 3.05) is 6.26 Å². The lowest BCUT2D eigenvalue weighted by molar-refractivity contribution is 1.16. The van der Waals surface area contributed by atoms with Gasteiger partial charge in [-0.2, -0.15) is 5.26 Å². The van der Waals surface area contributed by atoms with E-state index in [4.69, 9.17) is 5.26 Å². The summed E-state index contributed by atoms with van der Waals surface area (Å²) in [4.78, 5) is 15.2. The number of thioether (sulfide) groups is 1. The van der Waals surface area contributed by atoms with Gasteiger partial charge in [0.2, 0.25) is 0 Å². The first-order chi connectivity index (χ1) is 8.65. The highest BCUT2D eigenvalue weighted by atomic mass is 79.9. The second-order valence-corrected chi connectivity index (χ2v) is 5.34. The molecule has 0 aliphatic heterocycles. The van der Waals surface area contributed by atoms with E-state index >= 15 is 0 Å². The summed E-state index contributed by atoms with van der Waals surface area (Å²) in [6.45, 7) is 0. The van der Waals surface area contributed by atoms with Gasteiger partial charge in [-0.3, -0.25) is 4.79 Å². The van der Waals surface area contributed by atoms with Gasteiger partial charge in [-0.25, -0.2) is 0 Å². The second kappa shape index (κ2) is 5.42. The van der Waals surface area contributed by atoms with Crippen LogP contribution < -0.4 is 5.56 Å². The highest BCUT2D eigenvalue weighted by molar-refractivity contribution is 9.10. The first-order valence-corrected chi connectivity index (χ1v) is 7.15. The Morgan fingerprint density at radius 3 is 2.56 bits per heavy atom. The molecule has 0 saturated heterocycles. The Hall–Kier alpha value is -1.51. The van der Waals surface area contributed by atoms with Gasteiger partial charge in [-0.15, -0.1) is 11.8 Å². The molecule has 1 N–H and O–H groups in total. The molecule has 0 fully saturated rings. The number of aromatic amines is 1. The molecule has 0 radical (unpaired) electrons. The number of hydrogen-bond acceptors (Lipinski definition) is 3. The van der Waals surface area contributed by atoms with Crippen molar-refractivity contribution in [1.82, 2.24) is 4.98 Å². The molecular formula is C13H9BrN2OS. The molecule has 0 spiro atoms. The number of hydrogen-bond donors (Lipinski definition) is 1. The lowest BCUT2D eigenvalue weighted by Crippen LogP contribution is -2.12. The van der Waals surface area contributed by atoms with Gasteiger partial charge in [0.15, 0.2) is 0 Å². The molecule has 2 rings (SSSR count). The lowest BCUT2D eigenvalue weighted by atomic mass is 10.1. The maximum Gasteiger partial charge on any atom is 0.267 e. The van der Waals surface area contributed by atoms with Gasteiger partial charge in [0, 0.05) is 15.1 Å². The number of nitrogens with zero attached hydrogens (tertiary/aromatic N) is 1. The Bertz CT molecular complexity index is 671. The SMILES string of the molecule is CSc1cc(-c2ccc(Br)cc2)[nH]c(=O)c1C#N. The zero-order chi connectivity index (χ0) is 13.1. The van der Waals surface area contributed by atoms with Crippen molar-refractivity contribution < 1.29 is 0 Å². The minimum atomic E-state index is -0.345. The molecule has 1 aromatic carbocycles. The molecular weight excluding hydrogens is 312 g/mol. The van der Waals surface area contributed by atoms with Crippen LogP contribution in [0.3, 0.4) is 0 Å². The number of halogens is 1. The van der Waals surface area contributed by atoms with Crippen molar-refractivity contribution >= 4 is 27.7 Å². The molecule has 3 nitrogen and oxygen atoms in total. The van der Waals surface area contributed by atoms with Gasteiger partial charge < -0.3 is 4.98 Å². The van der Waals surface area contributed by atoms with Crippen LogP contribution in [0.2, 0.25) is 0 Å². The highest BCUT2D eigenvalue weighted by Gasteiger charge is 2.09. The normalized spacial score (nSPS) is 10.1. The Morgan fingerprint density at radius 1 is 1.33 bits per heavy atom. The standard InChI is InChI=1S/C13H9BrN2OS/c1-18-12-6-11(16-13(17)10(12)7-15)8-2-4-9(14)5-3-8/h2-6H,1H3,(H,16,17). The second-order valence-electron chi connectivity index (χ2n) is 3.57. The summed E-state index contributed by atoms with van der Waals surface area (Å²) in [5, 5.41) is 8.94. The third-order valence-corrected chi connectivity index (χ3v) is 3.77. The molecule has 0 bridgehead atoms. The molecule has 0 saturated carbocycles. The Balaban J connectivity index is 2.60. The molecule has 0 aliphatic rings. The number of nitrogens with one attached hydrogen (secondary N) is 1. The van der Waals surface area contributed by atoms with Crippen molar-refractivity contribution in [3.8, 4) is 17.3 Å². The van der Waals surface area contributed by atoms with E-state index in [1.807, 2.05) is 42.7 Å². The zero-order valence-electron chi connectivity index (χ0n) is 9.53. The van der Waals surface area contributed by atoms with E-state index < -0.39 is 0 Å². The zero-order valence-corrected chi connectivity index (χ0v) is 11.9. The predicted molar refractivity (Wildman–Crippen MR) is 76.7 cm³/mol. The summed E-state index contributed by atoms with van der Waals surface area (Å²) < 4.78 is 0.979. The van der Waals surface area contributed by atoms with E-state index in [9.17, 15) is 4.79 Å². The summed E-state index contributed by atoms with van der Waals surface area (Å²) in [5.74, 6) is 0. The Kier molecular flexibility index (Phi) is 3.90. The Labute approximate surface area is 117 Å². The molecule has 0 aliphatic carbocycles. The summed E-state index contributed by atoms with van der Waals surface area (Å²) >= 11 is 4.76. The maximum atomic E-state index is 11.8. The van der Waals surface area contributed by atoms with E-state index in [1.165, 1.54) is 11.8 Å². The van der Waals surface area contributed by atoms with Gasteiger partial charge >= 0.3 is 0 Å². The molecule has 0 amide bonds. The largest absolute Gasteiger partial charge is 0.321 e. The van der Waals surface area contributed by atoms with Crippen molar-refractivity contribution in [3.05, 3.63) is 50.7 Å². The topological polar surface area (TPSA) is 56.6 Å². The number of rotatable bonds is 2. The van der Waals surface area contributed by atoms with Crippen LogP contribution in [-0.4, -0.2) is 11.2 Å². The number of pyridine rings is 1. The van der Waals surface area contributed by atoms with E-state index in [-0.39, 0.29) is 11.1 Å². The fourth-order valence-electron chi connectivity index (χ4n) is 1.59. The van der Waals surface area contributed by atoms with Crippen LogP contribution in [0.15, 0.2) is 44.5 Å². The fraction of sp³-hybridized carbons (Fsp3) is 0.0769. The minimum absolute atomic E-state index is 0.170. The molecule has 1 aromatic heterocycles. The summed E-state index contributed by atoms with van der Waals surface area (Å²) in [6.07, 6.45) is 1.85. The minimum Gasteiger partial charge on any atom is -0.321 e. The van der Waals surface area contributed by atoms with Crippen molar-refractivity contribution in [2.24, 2.45) is 0 Å². The monoisotopic (exact) mass is 320 g/mol. The van der Waals surface area contributed by atoms with Gasteiger partial charge in [-0.1, -0.05) is 28.1 Å². The van der Waals surface area contributed by atoms with Crippen molar-refractivity contribution in [1.29, 1.82) is 5.26 Å². The molecule has 1 heterocycles. The number of H-pyrrole nitrogens is 1. The number of nitriles is 1. The van der Waals surface area contributed by atoms with Gasteiger partial charge in [0.1, 0.15) is 11.6 Å². The van der Waals surface area contributed by atoms with Crippen LogP contribution in [0.1, 0.15) is 5.56 Å². The smallest absolute Gasteiger partial charge is 0.267 e. The molecule has 90 valence electrons. The van der Waals surface area contributed by atoms with Crippen molar-refractivity contribution in [3.63, 3.8) is 0 Å². The van der Waals surface area contributed by atoms with Gasteiger partial charge in [0.05, 0.1) is 0 Å². The van der Waals surface area contributed by atoms with E-state index in [1.54, 1.807) is 0 Å². The third-order valence-electron chi connectivity index (χ3n) is 2.48. The van der Waals surface area contributed by atoms with Crippen LogP contribution >= 0.6 is 27.7 Å². The fourth-order valence-corrected chi connectivity index (χ4v) is 2.43. The Morgan fingerprint density at radius 2 is 2.00 bits per heavy atom.